The SMILES string of the molecule is CNC(=O)C(O)(c1ccccc1)C1CCCC1. The number of hydrogen-bond acceptors (Lipinski definition) is 2. The fourth-order valence-electron chi connectivity index (χ4n) is 2.78. The van der Waals surface area contributed by atoms with Crippen LogP contribution in [0.1, 0.15) is 31.2 Å². The van der Waals surface area contributed by atoms with Gasteiger partial charge in [-0.15, -0.1) is 0 Å². The van der Waals surface area contributed by atoms with E-state index in [2.05, 4.69) is 5.32 Å². The predicted molar refractivity (Wildman–Crippen MR) is 66.4 cm³/mol. The lowest BCUT2D eigenvalue weighted by Crippen LogP contribution is -2.47. The summed E-state index contributed by atoms with van der Waals surface area (Å²) in [7, 11) is 1.57. The van der Waals surface area contributed by atoms with Crippen molar-refractivity contribution in [1.29, 1.82) is 0 Å². The number of hydrogen-bond donors (Lipinski definition) is 2. The maximum Gasteiger partial charge on any atom is 0.256 e. The summed E-state index contributed by atoms with van der Waals surface area (Å²) in [5, 5.41) is 13.4. The molecule has 1 saturated carbocycles. The molecule has 1 aliphatic rings. The van der Waals surface area contributed by atoms with Crippen molar-refractivity contribution < 1.29 is 9.90 Å². The van der Waals surface area contributed by atoms with Gasteiger partial charge in [-0.25, -0.2) is 0 Å². The molecule has 0 spiro atoms. The van der Waals surface area contributed by atoms with Crippen molar-refractivity contribution in [1.82, 2.24) is 5.32 Å². The summed E-state index contributed by atoms with van der Waals surface area (Å²) >= 11 is 0. The van der Waals surface area contributed by atoms with Crippen molar-refractivity contribution in [2.45, 2.75) is 31.3 Å². The molecule has 0 aliphatic heterocycles. The standard InChI is InChI=1S/C14H19NO2/c1-15-13(16)14(17,12-9-5-6-10-12)11-7-3-2-4-8-11/h2-4,7-8,12,17H,5-6,9-10H2,1H3,(H,15,16). The number of benzene rings is 1. The maximum absolute atomic E-state index is 12.1. The number of carbonyl (C=O) groups is 1. The molecule has 3 nitrogen and oxygen atoms in total. The first-order chi connectivity index (χ1) is 8.19. The van der Waals surface area contributed by atoms with Gasteiger partial charge in [0, 0.05) is 13.0 Å². The van der Waals surface area contributed by atoms with Crippen LogP contribution in [0, 0.1) is 5.92 Å². The van der Waals surface area contributed by atoms with Crippen molar-refractivity contribution >= 4 is 5.91 Å². The molecule has 1 amide bonds. The molecule has 2 rings (SSSR count). The summed E-state index contributed by atoms with van der Waals surface area (Å²) in [6.45, 7) is 0. The molecule has 0 aromatic heterocycles. The Balaban J connectivity index is 2.39. The summed E-state index contributed by atoms with van der Waals surface area (Å²) in [4.78, 5) is 12.1. The van der Waals surface area contributed by atoms with E-state index in [1.54, 1.807) is 7.05 Å². The van der Waals surface area contributed by atoms with Gasteiger partial charge < -0.3 is 10.4 Å². The highest BCUT2D eigenvalue weighted by atomic mass is 16.3. The van der Waals surface area contributed by atoms with Crippen LogP contribution in [0.25, 0.3) is 0 Å². The van der Waals surface area contributed by atoms with E-state index >= 15 is 0 Å². The molecule has 0 heterocycles. The topological polar surface area (TPSA) is 49.3 Å². The lowest BCUT2D eigenvalue weighted by atomic mass is 9.79. The number of nitrogens with one attached hydrogen (secondary N) is 1. The molecule has 2 N–H and O–H groups in total. The molecule has 0 bridgehead atoms. The second kappa shape index (κ2) is 4.88. The Morgan fingerprint density at radius 3 is 2.41 bits per heavy atom. The average Bonchev–Trinajstić information content (AvgIpc) is 2.92. The smallest absolute Gasteiger partial charge is 0.256 e. The van der Waals surface area contributed by atoms with Gasteiger partial charge in [0.1, 0.15) is 0 Å². The van der Waals surface area contributed by atoms with Crippen molar-refractivity contribution in [2.24, 2.45) is 5.92 Å². The molecule has 0 saturated heterocycles. The van der Waals surface area contributed by atoms with Crippen LogP contribution in [0.15, 0.2) is 30.3 Å². The normalized spacial score (nSPS) is 19.9. The Morgan fingerprint density at radius 1 is 1.29 bits per heavy atom. The minimum atomic E-state index is -1.37. The molecule has 0 radical (unpaired) electrons. The quantitative estimate of drug-likeness (QED) is 0.836. The third-order valence-electron chi connectivity index (χ3n) is 3.73. The summed E-state index contributed by atoms with van der Waals surface area (Å²) in [6, 6.07) is 9.26. The van der Waals surface area contributed by atoms with E-state index < -0.39 is 5.60 Å². The Hall–Kier alpha value is -1.35. The second-order valence-corrected chi connectivity index (χ2v) is 4.69. The predicted octanol–water partition coefficient (Wildman–Crippen LogP) is 1.81. The van der Waals surface area contributed by atoms with E-state index in [4.69, 9.17) is 0 Å². The third kappa shape index (κ3) is 2.07. The van der Waals surface area contributed by atoms with E-state index in [1.807, 2.05) is 30.3 Å². The van der Waals surface area contributed by atoms with Gasteiger partial charge in [0.05, 0.1) is 0 Å². The Bertz CT molecular complexity index is 384. The number of likely N-dealkylation sites (N-methyl/N-ethyl adjacent to an activating group) is 1. The largest absolute Gasteiger partial charge is 0.375 e. The number of aliphatic hydroxyl groups is 1. The summed E-state index contributed by atoms with van der Waals surface area (Å²) in [6.07, 6.45) is 4.02. The van der Waals surface area contributed by atoms with E-state index in [0.29, 0.717) is 5.56 Å². The number of rotatable bonds is 3. The van der Waals surface area contributed by atoms with Gasteiger partial charge in [-0.2, -0.15) is 0 Å². The molecule has 1 unspecified atom stereocenters. The molecule has 17 heavy (non-hydrogen) atoms. The fraction of sp³-hybridized carbons (Fsp3) is 0.500. The molecule has 3 heteroatoms. The molecule has 1 aliphatic carbocycles. The monoisotopic (exact) mass is 233 g/mol. The Kier molecular flexibility index (Phi) is 3.48. The van der Waals surface area contributed by atoms with Gasteiger partial charge in [0.2, 0.25) is 0 Å². The van der Waals surface area contributed by atoms with Crippen LogP contribution >= 0.6 is 0 Å². The maximum atomic E-state index is 12.1. The van der Waals surface area contributed by atoms with E-state index in [1.165, 1.54) is 0 Å². The summed E-state index contributed by atoms with van der Waals surface area (Å²) in [5.41, 5.74) is -0.668. The lowest BCUT2D eigenvalue weighted by Gasteiger charge is -2.32. The Labute approximate surface area is 102 Å². The van der Waals surface area contributed by atoms with Crippen LogP contribution in [0.2, 0.25) is 0 Å². The van der Waals surface area contributed by atoms with Crippen molar-refractivity contribution in [2.75, 3.05) is 7.05 Å². The molecule has 1 aromatic rings. The van der Waals surface area contributed by atoms with Gasteiger partial charge in [0.25, 0.3) is 5.91 Å². The van der Waals surface area contributed by atoms with Gasteiger partial charge in [-0.05, 0) is 18.4 Å². The van der Waals surface area contributed by atoms with Crippen LogP contribution in [0.5, 0.6) is 0 Å². The first-order valence-electron chi connectivity index (χ1n) is 6.19. The first kappa shape index (κ1) is 12.1. The van der Waals surface area contributed by atoms with Crippen LogP contribution < -0.4 is 5.32 Å². The molecular weight excluding hydrogens is 214 g/mol. The fourth-order valence-corrected chi connectivity index (χ4v) is 2.78. The van der Waals surface area contributed by atoms with Crippen molar-refractivity contribution in [3.05, 3.63) is 35.9 Å². The summed E-state index contributed by atoms with van der Waals surface area (Å²) in [5.74, 6) is -0.263. The minimum absolute atomic E-state index is 0.0323. The minimum Gasteiger partial charge on any atom is -0.375 e. The summed E-state index contributed by atoms with van der Waals surface area (Å²) < 4.78 is 0. The zero-order valence-corrected chi connectivity index (χ0v) is 10.1. The highest BCUT2D eigenvalue weighted by molar-refractivity contribution is 5.86. The van der Waals surface area contributed by atoms with Crippen LogP contribution in [-0.4, -0.2) is 18.1 Å². The van der Waals surface area contributed by atoms with Crippen molar-refractivity contribution in [3.8, 4) is 0 Å². The molecule has 1 fully saturated rings. The first-order valence-corrected chi connectivity index (χ1v) is 6.19. The molecule has 92 valence electrons. The van der Waals surface area contributed by atoms with Gasteiger partial charge >= 0.3 is 0 Å². The van der Waals surface area contributed by atoms with E-state index in [0.717, 1.165) is 25.7 Å². The van der Waals surface area contributed by atoms with Crippen LogP contribution in [0.4, 0.5) is 0 Å². The van der Waals surface area contributed by atoms with Gasteiger partial charge in [0.15, 0.2) is 5.60 Å². The zero-order valence-electron chi connectivity index (χ0n) is 10.1. The number of carbonyl (C=O) groups excluding carboxylic acids is 1. The second-order valence-electron chi connectivity index (χ2n) is 4.69. The highest BCUT2D eigenvalue weighted by Gasteiger charge is 2.45. The van der Waals surface area contributed by atoms with Gasteiger partial charge in [-0.1, -0.05) is 43.2 Å². The highest BCUT2D eigenvalue weighted by Crippen LogP contribution is 2.40. The van der Waals surface area contributed by atoms with Crippen LogP contribution in [0.3, 0.4) is 0 Å². The van der Waals surface area contributed by atoms with Crippen molar-refractivity contribution in [3.63, 3.8) is 0 Å². The lowest BCUT2D eigenvalue weighted by molar-refractivity contribution is -0.146. The van der Waals surface area contributed by atoms with E-state index in [9.17, 15) is 9.90 Å². The van der Waals surface area contributed by atoms with E-state index in [-0.39, 0.29) is 11.8 Å². The molecule has 1 aromatic carbocycles. The van der Waals surface area contributed by atoms with Crippen LogP contribution in [-0.2, 0) is 10.4 Å². The zero-order chi connectivity index (χ0) is 12.3. The molecular formula is C14H19NO2. The third-order valence-corrected chi connectivity index (χ3v) is 3.73. The Morgan fingerprint density at radius 2 is 1.88 bits per heavy atom. The molecule has 1 atom stereocenters. The van der Waals surface area contributed by atoms with Gasteiger partial charge in [-0.3, -0.25) is 4.79 Å². The average molecular weight is 233 g/mol. The number of amides is 1.